The summed E-state index contributed by atoms with van der Waals surface area (Å²) in [6.07, 6.45) is 12.1. The van der Waals surface area contributed by atoms with Gasteiger partial charge in [-0.2, -0.15) is 0 Å². The van der Waals surface area contributed by atoms with Crippen LogP contribution in [0.2, 0.25) is 0 Å². The number of esters is 1. The molecule has 2 aliphatic heterocycles. The van der Waals surface area contributed by atoms with Crippen LogP contribution in [0, 0.1) is 45.3 Å². The zero-order valence-electron chi connectivity index (χ0n) is 26.2. The number of rotatable bonds is 4. The van der Waals surface area contributed by atoms with Gasteiger partial charge in [0.1, 0.15) is 6.10 Å². The smallest absolute Gasteiger partial charge is 0.410 e. The van der Waals surface area contributed by atoms with Gasteiger partial charge in [-0.1, -0.05) is 20.8 Å². The van der Waals surface area contributed by atoms with E-state index in [9.17, 15) is 14.7 Å². The molecule has 7 aliphatic rings. The fraction of sp³-hybridized carbons (Fsp3) is 0.941. The van der Waals surface area contributed by atoms with Crippen molar-refractivity contribution in [2.45, 2.75) is 142 Å². The Bertz CT molecular complexity index is 1100. The Morgan fingerprint density at radius 1 is 0.951 bits per heavy atom. The van der Waals surface area contributed by atoms with Gasteiger partial charge in [0.2, 0.25) is 0 Å². The summed E-state index contributed by atoms with van der Waals surface area (Å²) in [5.74, 6) is 2.23. The molecule has 7 nitrogen and oxygen atoms in total. The molecule has 0 bridgehead atoms. The lowest BCUT2D eigenvalue weighted by atomic mass is 9.46. The maximum Gasteiger partial charge on any atom is 0.410 e. The molecule has 5 aliphatic carbocycles. The summed E-state index contributed by atoms with van der Waals surface area (Å²) >= 11 is 0. The van der Waals surface area contributed by atoms with Gasteiger partial charge in [0.15, 0.2) is 6.10 Å². The van der Waals surface area contributed by atoms with Crippen LogP contribution in [0.3, 0.4) is 0 Å². The van der Waals surface area contributed by atoms with Gasteiger partial charge in [0, 0.05) is 25.4 Å². The van der Waals surface area contributed by atoms with Crippen LogP contribution < -0.4 is 0 Å². The average Bonchev–Trinajstić information content (AvgIpc) is 3.42. The van der Waals surface area contributed by atoms with Gasteiger partial charge in [0.25, 0.3) is 0 Å². The number of carbonyl (C=O) groups excluding carboxylic acids is 2. The SMILES string of the molecule is CC(=O)O[C@@H](C1CCC2C(CC3C4CCC5C(C)(C)[C@@H](OC(=O)N6CCC6)CCC56C[C@@]46CC[C@]23C)O1)C(C)(C)O. The normalized spacial score (nSPS) is 48.3. The second-order valence-electron chi connectivity index (χ2n) is 16.7. The number of fused-ring (bicyclic) bond motifs is 4. The van der Waals surface area contributed by atoms with E-state index in [-0.39, 0.29) is 35.8 Å². The molecule has 0 aromatic carbocycles. The van der Waals surface area contributed by atoms with E-state index in [4.69, 9.17) is 14.2 Å². The van der Waals surface area contributed by atoms with Crippen molar-refractivity contribution in [1.82, 2.24) is 4.90 Å². The quantitative estimate of drug-likeness (QED) is 0.410. The monoisotopic (exact) mass is 571 g/mol. The minimum absolute atomic E-state index is 0.0107. The van der Waals surface area contributed by atoms with E-state index in [1.54, 1.807) is 13.8 Å². The number of nitrogens with zero attached hydrogens (tertiary/aromatic N) is 1. The minimum atomic E-state index is -1.14. The van der Waals surface area contributed by atoms with Crippen LogP contribution in [0.5, 0.6) is 0 Å². The molecule has 41 heavy (non-hydrogen) atoms. The van der Waals surface area contributed by atoms with E-state index < -0.39 is 11.7 Å². The first-order valence-corrected chi connectivity index (χ1v) is 16.7. The molecule has 5 saturated carbocycles. The van der Waals surface area contributed by atoms with Crippen LogP contribution in [0.1, 0.15) is 112 Å². The predicted octanol–water partition coefficient (Wildman–Crippen LogP) is 6.11. The number of hydrogen-bond acceptors (Lipinski definition) is 6. The van der Waals surface area contributed by atoms with Crippen molar-refractivity contribution in [2.75, 3.05) is 13.1 Å². The maximum atomic E-state index is 12.8. The largest absolute Gasteiger partial charge is 0.457 e. The minimum Gasteiger partial charge on any atom is -0.457 e. The van der Waals surface area contributed by atoms with Crippen molar-refractivity contribution >= 4 is 12.1 Å². The lowest BCUT2D eigenvalue weighted by molar-refractivity contribution is -0.200. The number of amides is 1. The molecule has 1 N–H and O–H groups in total. The van der Waals surface area contributed by atoms with Crippen molar-refractivity contribution in [3.8, 4) is 0 Å². The van der Waals surface area contributed by atoms with Crippen molar-refractivity contribution in [3.63, 3.8) is 0 Å². The number of aliphatic hydroxyl groups is 1. The summed E-state index contributed by atoms with van der Waals surface area (Å²) in [6.45, 7) is 13.9. The number of ether oxygens (including phenoxy) is 3. The van der Waals surface area contributed by atoms with Crippen molar-refractivity contribution < 1.29 is 28.9 Å². The molecule has 2 saturated heterocycles. The zero-order valence-corrected chi connectivity index (χ0v) is 26.2. The molecule has 7 heteroatoms. The molecule has 7 rings (SSSR count). The fourth-order valence-corrected chi connectivity index (χ4v) is 12.2. The third kappa shape index (κ3) is 3.95. The topological polar surface area (TPSA) is 85.3 Å². The van der Waals surface area contributed by atoms with E-state index in [0.29, 0.717) is 34.0 Å². The Balaban J connectivity index is 1.09. The first kappa shape index (κ1) is 28.4. The highest BCUT2D eigenvalue weighted by atomic mass is 16.6. The molecule has 7 fully saturated rings. The Kier molecular flexibility index (Phi) is 6.30. The first-order chi connectivity index (χ1) is 19.2. The van der Waals surface area contributed by atoms with Gasteiger partial charge in [0.05, 0.1) is 17.8 Å². The number of likely N-dealkylation sites (tertiary alicyclic amines) is 1. The summed E-state index contributed by atoms with van der Waals surface area (Å²) < 4.78 is 18.7. The fourth-order valence-electron chi connectivity index (χ4n) is 12.2. The summed E-state index contributed by atoms with van der Waals surface area (Å²) in [7, 11) is 0. The highest BCUT2D eigenvalue weighted by Crippen LogP contribution is 2.87. The highest BCUT2D eigenvalue weighted by molar-refractivity contribution is 5.68. The number of hydrogen-bond donors (Lipinski definition) is 1. The first-order valence-electron chi connectivity index (χ1n) is 16.7. The predicted molar refractivity (Wildman–Crippen MR) is 154 cm³/mol. The lowest BCUT2D eigenvalue weighted by Crippen LogP contribution is -2.56. The maximum absolute atomic E-state index is 12.8. The van der Waals surface area contributed by atoms with Gasteiger partial charge in [-0.05, 0) is 124 Å². The third-order valence-electron chi connectivity index (χ3n) is 14.2. The van der Waals surface area contributed by atoms with E-state index >= 15 is 0 Å². The molecule has 0 aromatic rings. The van der Waals surface area contributed by atoms with E-state index in [1.165, 1.54) is 45.4 Å². The highest BCUT2D eigenvalue weighted by Gasteiger charge is 2.81. The molecule has 2 spiro atoms. The molecule has 0 radical (unpaired) electrons. The Hall–Kier alpha value is -1.34. The van der Waals surface area contributed by atoms with Crippen LogP contribution in [0.15, 0.2) is 0 Å². The third-order valence-corrected chi connectivity index (χ3v) is 14.2. The van der Waals surface area contributed by atoms with Crippen LogP contribution in [-0.2, 0) is 19.0 Å². The van der Waals surface area contributed by atoms with Crippen LogP contribution in [-0.4, -0.2) is 65.2 Å². The van der Waals surface area contributed by atoms with Crippen LogP contribution in [0.25, 0.3) is 0 Å². The lowest BCUT2D eigenvalue weighted by Gasteiger charge is -2.59. The Labute approximate surface area is 246 Å². The van der Waals surface area contributed by atoms with Gasteiger partial charge in [-0.25, -0.2) is 4.79 Å². The van der Waals surface area contributed by atoms with Gasteiger partial charge in [-0.3, -0.25) is 4.79 Å². The van der Waals surface area contributed by atoms with Crippen molar-refractivity contribution in [3.05, 3.63) is 0 Å². The molecule has 11 atom stereocenters. The molecule has 1 amide bonds. The van der Waals surface area contributed by atoms with E-state index in [1.807, 2.05) is 4.90 Å². The molecule has 0 aromatic heterocycles. The van der Waals surface area contributed by atoms with E-state index in [2.05, 4.69) is 20.8 Å². The standard InChI is InChI=1S/C34H53NO6/c1-20(36)39-28(31(4,5)38)24-10-8-22-25(40-24)18-23-21-9-11-26-30(2,3)27(41-29(37)35-16-7-17-35)12-13-34(26)19-33(21,34)15-14-32(22,23)6/h21-28,38H,7-19H2,1-6H3/t21?,22?,23?,24?,25?,26?,27-,28-,32+,33-,34?/m0/s1. The molecule has 2 heterocycles. The summed E-state index contributed by atoms with van der Waals surface area (Å²) in [5, 5.41) is 10.8. The van der Waals surface area contributed by atoms with E-state index in [0.717, 1.165) is 51.1 Å². The summed E-state index contributed by atoms with van der Waals surface area (Å²) in [6, 6.07) is 0. The zero-order chi connectivity index (χ0) is 29.2. The second-order valence-corrected chi connectivity index (χ2v) is 16.7. The van der Waals surface area contributed by atoms with Crippen molar-refractivity contribution in [1.29, 1.82) is 0 Å². The van der Waals surface area contributed by atoms with Gasteiger partial charge >= 0.3 is 12.1 Å². The molecular weight excluding hydrogens is 518 g/mol. The van der Waals surface area contributed by atoms with Crippen LogP contribution in [0.4, 0.5) is 4.79 Å². The van der Waals surface area contributed by atoms with Crippen LogP contribution >= 0.6 is 0 Å². The average molecular weight is 572 g/mol. The van der Waals surface area contributed by atoms with Gasteiger partial charge < -0.3 is 24.2 Å². The van der Waals surface area contributed by atoms with Gasteiger partial charge in [-0.15, -0.1) is 0 Å². The Morgan fingerprint density at radius 3 is 2.34 bits per heavy atom. The second kappa shape index (κ2) is 9.09. The molecule has 230 valence electrons. The summed E-state index contributed by atoms with van der Waals surface area (Å²) in [5.41, 5.74) is 0.0313. The molecular formula is C34H53NO6. The number of carbonyl (C=O) groups is 2. The Morgan fingerprint density at radius 2 is 1.68 bits per heavy atom. The molecule has 7 unspecified atom stereocenters. The summed E-state index contributed by atoms with van der Waals surface area (Å²) in [4.78, 5) is 26.5. The van der Waals surface area contributed by atoms with Crippen molar-refractivity contribution in [2.24, 2.45) is 45.3 Å².